The zero-order valence-corrected chi connectivity index (χ0v) is 8.63. The second-order valence-corrected chi connectivity index (χ2v) is 3.26. The first-order chi connectivity index (χ1) is 6.61. The molecule has 0 aliphatic heterocycles. The fourth-order valence-corrected chi connectivity index (χ4v) is 0.999. The fraction of sp³-hybridized carbons (Fsp3) is 0.556. The van der Waals surface area contributed by atoms with Crippen LogP contribution in [0, 0.1) is 6.92 Å². The van der Waals surface area contributed by atoms with Gasteiger partial charge in [0.25, 0.3) is 0 Å². The molecule has 5 nitrogen and oxygen atoms in total. The molecule has 0 saturated heterocycles. The lowest BCUT2D eigenvalue weighted by Gasteiger charge is -2.08. The van der Waals surface area contributed by atoms with Crippen molar-refractivity contribution in [2.75, 3.05) is 12.4 Å². The van der Waals surface area contributed by atoms with E-state index in [4.69, 9.17) is 4.52 Å². The molecule has 0 bridgehead atoms. The molecule has 1 atom stereocenters. The molecule has 0 saturated carbocycles. The normalized spacial score (nSPS) is 12.5. The van der Waals surface area contributed by atoms with E-state index in [1.54, 1.807) is 13.0 Å². The van der Waals surface area contributed by atoms with Gasteiger partial charge in [-0.05, 0) is 20.9 Å². The first-order valence-corrected chi connectivity index (χ1v) is 4.52. The van der Waals surface area contributed by atoms with E-state index >= 15 is 0 Å². The lowest BCUT2D eigenvalue weighted by atomic mass is 10.2. The summed E-state index contributed by atoms with van der Waals surface area (Å²) in [7, 11) is 1.82. The van der Waals surface area contributed by atoms with Gasteiger partial charge < -0.3 is 15.2 Å². The van der Waals surface area contributed by atoms with Crippen LogP contribution < -0.4 is 10.6 Å². The summed E-state index contributed by atoms with van der Waals surface area (Å²) >= 11 is 0. The van der Waals surface area contributed by atoms with Crippen molar-refractivity contribution in [2.45, 2.75) is 26.3 Å². The third kappa shape index (κ3) is 3.18. The largest absolute Gasteiger partial charge is 0.360 e. The van der Waals surface area contributed by atoms with Crippen molar-refractivity contribution in [1.29, 1.82) is 0 Å². The average Bonchev–Trinajstić information content (AvgIpc) is 2.50. The monoisotopic (exact) mass is 197 g/mol. The Labute approximate surface area is 82.8 Å². The third-order valence-corrected chi connectivity index (χ3v) is 1.88. The van der Waals surface area contributed by atoms with E-state index in [2.05, 4.69) is 15.8 Å². The molecule has 1 aromatic heterocycles. The van der Waals surface area contributed by atoms with Gasteiger partial charge in [-0.2, -0.15) is 0 Å². The van der Waals surface area contributed by atoms with Crippen LogP contribution in [0.2, 0.25) is 0 Å². The van der Waals surface area contributed by atoms with E-state index in [0.29, 0.717) is 18.0 Å². The third-order valence-electron chi connectivity index (χ3n) is 1.88. The SMILES string of the molecule is CNC(C)CC(=O)Nc1cc(C)on1. The maximum Gasteiger partial charge on any atom is 0.227 e. The Bertz CT molecular complexity index is 309. The van der Waals surface area contributed by atoms with Gasteiger partial charge in [-0.3, -0.25) is 4.79 Å². The zero-order valence-electron chi connectivity index (χ0n) is 8.63. The minimum atomic E-state index is -0.0693. The second kappa shape index (κ2) is 4.76. The predicted octanol–water partition coefficient (Wildman–Crippen LogP) is 0.920. The van der Waals surface area contributed by atoms with Crippen LogP contribution in [0.15, 0.2) is 10.6 Å². The van der Waals surface area contributed by atoms with Crippen molar-refractivity contribution in [3.63, 3.8) is 0 Å². The minimum absolute atomic E-state index is 0.0693. The van der Waals surface area contributed by atoms with Gasteiger partial charge in [-0.15, -0.1) is 0 Å². The van der Waals surface area contributed by atoms with Crippen LogP contribution in [0.1, 0.15) is 19.1 Å². The van der Waals surface area contributed by atoms with Crippen molar-refractivity contribution in [1.82, 2.24) is 10.5 Å². The van der Waals surface area contributed by atoms with E-state index in [1.807, 2.05) is 14.0 Å². The summed E-state index contributed by atoms with van der Waals surface area (Å²) in [5.74, 6) is 1.08. The van der Waals surface area contributed by atoms with Crippen LogP contribution in [0.25, 0.3) is 0 Å². The number of aromatic nitrogens is 1. The highest BCUT2D eigenvalue weighted by Gasteiger charge is 2.09. The highest BCUT2D eigenvalue weighted by atomic mass is 16.5. The summed E-state index contributed by atoms with van der Waals surface area (Å²) in [6.07, 6.45) is 0.419. The summed E-state index contributed by atoms with van der Waals surface area (Å²) in [4.78, 5) is 11.4. The number of hydrogen-bond acceptors (Lipinski definition) is 4. The van der Waals surface area contributed by atoms with Gasteiger partial charge in [0.2, 0.25) is 5.91 Å². The van der Waals surface area contributed by atoms with Crippen LogP contribution in [0.3, 0.4) is 0 Å². The molecule has 0 aliphatic carbocycles. The van der Waals surface area contributed by atoms with Crippen molar-refractivity contribution < 1.29 is 9.32 Å². The van der Waals surface area contributed by atoms with Crippen molar-refractivity contribution in [3.05, 3.63) is 11.8 Å². The zero-order chi connectivity index (χ0) is 10.6. The van der Waals surface area contributed by atoms with Crippen LogP contribution in [0.5, 0.6) is 0 Å². The van der Waals surface area contributed by atoms with Gasteiger partial charge in [0.1, 0.15) is 5.76 Å². The Kier molecular flexibility index (Phi) is 3.64. The second-order valence-electron chi connectivity index (χ2n) is 3.26. The Balaban J connectivity index is 2.41. The van der Waals surface area contributed by atoms with Gasteiger partial charge >= 0.3 is 0 Å². The summed E-state index contributed by atoms with van der Waals surface area (Å²) in [6.45, 7) is 3.71. The molecule has 0 radical (unpaired) electrons. The van der Waals surface area contributed by atoms with E-state index in [9.17, 15) is 4.79 Å². The molecule has 0 aromatic carbocycles. The van der Waals surface area contributed by atoms with E-state index in [1.165, 1.54) is 0 Å². The maximum atomic E-state index is 11.4. The lowest BCUT2D eigenvalue weighted by molar-refractivity contribution is -0.116. The van der Waals surface area contributed by atoms with Crippen LogP contribution in [-0.4, -0.2) is 24.2 Å². The maximum absolute atomic E-state index is 11.4. The van der Waals surface area contributed by atoms with Gasteiger partial charge in [-0.1, -0.05) is 5.16 Å². The Morgan fingerprint density at radius 2 is 2.43 bits per heavy atom. The highest BCUT2D eigenvalue weighted by molar-refractivity contribution is 5.90. The number of carbonyl (C=O) groups excluding carboxylic acids is 1. The molecule has 0 spiro atoms. The molecule has 1 amide bonds. The number of aryl methyl sites for hydroxylation is 1. The number of hydrogen-bond donors (Lipinski definition) is 2. The summed E-state index contributed by atoms with van der Waals surface area (Å²) in [6, 6.07) is 1.84. The lowest BCUT2D eigenvalue weighted by Crippen LogP contribution is -2.27. The first-order valence-electron chi connectivity index (χ1n) is 4.52. The molecular formula is C9H15N3O2. The Hall–Kier alpha value is -1.36. The summed E-state index contributed by atoms with van der Waals surface area (Å²) in [5.41, 5.74) is 0. The number of nitrogens with one attached hydrogen (secondary N) is 2. The number of nitrogens with zero attached hydrogens (tertiary/aromatic N) is 1. The van der Waals surface area contributed by atoms with Crippen LogP contribution in [0.4, 0.5) is 5.82 Å². The molecule has 5 heteroatoms. The Morgan fingerprint density at radius 3 is 2.93 bits per heavy atom. The van der Waals surface area contributed by atoms with Crippen molar-refractivity contribution in [2.24, 2.45) is 0 Å². The topological polar surface area (TPSA) is 67.2 Å². The van der Waals surface area contributed by atoms with E-state index in [0.717, 1.165) is 0 Å². The molecule has 2 N–H and O–H groups in total. The molecule has 78 valence electrons. The number of carbonyl (C=O) groups is 1. The van der Waals surface area contributed by atoms with Gasteiger partial charge in [0.15, 0.2) is 5.82 Å². The quantitative estimate of drug-likeness (QED) is 0.753. The summed E-state index contributed by atoms with van der Waals surface area (Å²) in [5, 5.41) is 9.29. The first kappa shape index (κ1) is 10.7. The Morgan fingerprint density at radius 1 is 1.71 bits per heavy atom. The number of anilines is 1. The van der Waals surface area contributed by atoms with Crippen molar-refractivity contribution in [3.8, 4) is 0 Å². The minimum Gasteiger partial charge on any atom is -0.360 e. The van der Waals surface area contributed by atoms with Crippen molar-refractivity contribution >= 4 is 11.7 Å². The van der Waals surface area contributed by atoms with Crippen LogP contribution >= 0.6 is 0 Å². The standard InChI is InChI=1S/C9H15N3O2/c1-6(10-3)4-9(13)11-8-5-7(2)14-12-8/h5-6,10H,4H2,1-3H3,(H,11,12,13). The van der Waals surface area contributed by atoms with Gasteiger partial charge in [0, 0.05) is 18.5 Å². The predicted molar refractivity (Wildman–Crippen MR) is 53.0 cm³/mol. The molecular weight excluding hydrogens is 182 g/mol. The molecule has 1 unspecified atom stereocenters. The molecule has 0 aliphatic rings. The summed E-state index contributed by atoms with van der Waals surface area (Å²) < 4.78 is 4.82. The smallest absolute Gasteiger partial charge is 0.227 e. The molecule has 0 fully saturated rings. The molecule has 1 rings (SSSR count). The number of amides is 1. The van der Waals surface area contributed by atoms with Crippen LogP contribution in [-0.2, 0) is 4.79 Å². The highest BCUT2D eigenvalue weighted by Crippen LogP contribution is 2.07. The average molecular weight is 197 g/mol. The van der Waals surface area contributed by atoms with E-state index in [-0.39, 0.29) is 11.9 Å². The van der Waals surface area contributed by atoms with E-state index < -0.39 is 0 Å². The molecule has 1 aromatic rings. The number of rotatable bonds is 4. The molecule has 1 heterocycles. The van der Waals surface area contributed by atoms with Gasteiger partial charge in [-0.25, -0.2) is 0 Å². The molecule has 14 heavy (non-hydrogen) atoms. The fourth-order valence-electron chi connectivity index (χ4n) is 0.999. The van der Waals surface area contributed by atoms with Gasteiger partial charge in [0.05, 0.1) is 0 Å².